The van der Waals surface area contributed by atoms with Crippen LogP contribution in [-0.4, -0.2) is 60.6 Å². The Morgan fingerprint density at radius 2 is 1.88 bits per heavy atom. The quantitative estimate of drug-likeness (QED) is 0.681. The molecular weight excluding hydrogens is 420 g/mol. The molecular formula is C25H38N4O4. The van der Waals surface area contributed by atoms with Crippen molar-refractivity contribution in [2.24, 2.45) is 0 Å². The van der Waals surface area contributed by atoms with E-state index in [1.807, 2.05) is 17.9 Å². The highest BCUT2D eigenvalue weighted by molar-refractivity contribution is 6.05. The highest BCUT2D eigenvalue weighted by Crippen LogP contribution is 2.40. The van der Waals surface area contributed by atoms with Crippen LogP contribution in [0.1, 0.15) is 75.7 Å². The van der Waals surface area contributed by atoms with E-state index in [0.29, 0.717) is 17.0 Å². The number of benzene rings is 1. The Balaban J connectivity index is 1.96. The Labute approximate surface area is 197 Å². The van der Waals surface area contributed by atoms with Gasteiger partial charge in [-0.25, -0.2) is 4.79 Å². The summed E-state index contributed by atoms with van der Waals surface area (Å²) in [6.45, 7) is 10.1. The van der Waals surface area contributed by atoms with Gasteiger partial charge in [0, 0.05) is 37.8 Å². The lowest BCUT2D eigenvalue weighted by Crippen LogP contribution is -2.54. The molecule has 0 radical (unpaired) electrons. The Morgan fingerprint density at radius 1 is 1.21 bits per heavy atom. The van der Waals surface area contributed by atoms with E-state index in [1.165, 1.54) is 6.42 Å². The fourth-order valence-electron chi connectivity index (χ4n) is 4.86. The van der Waals surface area contributed by atoms with E-state index >= 15 is 0 Å². The molecule has 0 atom stereocenters. The predicted molar refractivity (Wildman–Crippen MR) is 129 cm³/mol. The van der Waals surface area contributed by atoms with Crippen molar-refractivity contribution in [3.63, 3.8) is 0 Å². The van der Waals surface area contributed by atoms with Gasteiger partial charge in [-0.3, -0.25) is 9.59 Å². The Bertz CT molecular complexity index is 906. The van der Waals surface area contributed by atoms with Crippen molar-refractivity contribution in [1.82, 2.24) is 15.5 Å². The van der Waals surface area contributed by atoms with E-state index < -0.39 is 5.60 Å². The van der Waals surface area contributed by atoms with Gasteiger partial charge in [0.05, 0.1) is 5.69 Å². The van der Waals surface area contributed by atoms with Crippen molar-refractivity contribution >= 4 is 23.5 Å². The molecule has 8 heteroatoms. The number of carbonyl (C=O) groups excluding carboxylic acids is 3. The first-order chi connectivity index (χ1) is 15.6. The van der Waals surface area contributed by atoms with Gasteiger partial charge in [0.2, 0.25) is 0 Å². The average Bonchev–Trinajstić information content (AvgIpc) is 2.76. The van der Waals surface area contributed by atoms with E-state index in [1.54, 1.807) is 31.9 Å². The average molecular weight is 459 g/mol. The molecule has 1 saturated carbocycles. The summed E-state index contributed by atoms with van der Waals surface area (Å²) in [5, 5.41) is 5.23. The number of fused-ring (bicyclic) bond motifs is 1. The van der Waals surface area contributed by atoms with Crippen LogP contribution in [0, 0.1) is 6.92 Å². The van der Waals surface area contributed by atoms with Crippen LogP contribution in [0.15, 0.2) is 12.1 Å². The van der Waals surface area contributed by atoms with Gasteiger partial charge in [-0.1, -0.05) is 19.3 Å². The van der Waals surface area contributed by atoms with Crippen molar-refractivity contribution in [3.05, 3.63) is 23.3 Å². The van der Waals surface area contributed by atoms with Crippen molar-refractivity contribution in [1.29, 1.82) is 0 Å². The number of amides is 4. The molecule has 1 heterocycles. The summed E-state index contributed by atoms with van der Waals surface area (Å²) in [6, 6.07) is 3.66. The highest BCUT2D eigenvalue weighted by atomic mass is 16.5. The number of nitrogens with one attached hydrogen (secondary N) is 2. The fourth-order valence-corrected chi connectivity index (χ4v) is 4.86. The molecule has 0 aromatic heterocycles. The summed E-state index contributed by atoms with van der Waals surface area (Å²) in [5.74, 6) is 0.365. The summed E-state index contributed by atoms with van der Waals surface area (Å²) >= 11 is 0. The molecule has 0 saturated heterocycles. The summed E-state index contributed by atoms with van der Waals surface area (Å²) in [5.41, 5.74) is 0.950. The lowest BCUT2D eigenvalue weighted by molar-refractivity contribution is -0.132. The second kappa shape index (κ2) is 10.0. The minimum Gasteiger partial charge on any atom is -0.476 e. The predicted octanol–water partition coefficient (Wildman–Crippen LogP) is 3.61. The van der Waals surface area contributed by atoms with Crippen molar-refractivity contribution in [2.45, 2.75) is 84.4 Å². The monoisotopic (exact) mass is 458 g/mol. The second-order valence-corrected chi connectivity index (χ2v) is 9.81. The largest absolute Gasteiger partial charge is 0.476 e. The number of aryl methyl sites for hydroxylation is 1. The van der Waals surface area contributed by atoms with Gasteiger partial charge in [0.15, 0.2) is 5.60 Å². The zero-order valence-electron chi connectivity index (χ0n) is 20.8. The first kappa shape index (κ1) is 24.9. The van der Waals surface area contributed by atoms with Gasteiger partial charge in [0.1, 0.15) is 5.75 Å². The van der Waals surface area contributed by atoms with Crippen LogP contribution in [0.2, 0.25) is 0 Å². The van der Waals surface area contributed by atoms with Crippen molar-refractivity contribution < 1.29 is 19.1 Å². The van der Waals surface area contributed by atoms with Crippen LogP contribution in [-0.2, 0) is 4.79 Å². The van der Waals surface area contributed by atoms with Crippen LogP contribution in [0.5, 0.6) is 5.75 Å². The molecule has 1 aliphatic heterocycles. The maximum atomic E-state index is 13.8. The number of hydrogen-bond donors (Lipinski definition) is 2. The number of rotatable bonds is 6. The molecule has 1 aromatic carbocycles. The van der Waals surface area contributed by atoms with Gasteiger partial charge in [-0.15, -0.1) is 0 Å². The van der Waals surface area contributed by atoms with Gasteiger partial charge >= 0.3 is 6.03 Å². The summed E-state index contributed by atoms with van der Waals surface area (Å²) in [4.78, 5) is 42.2. The minimum atomic E-state index is -1.04. The van der Waals surface area contributed by atoms with E-state index in [2.05, 4.69) is 24.5 Å². The highest BCUT2D eigenvalue weighted by Gasteiger charge is 2.41. The van der Waals surface area contributed by atoms with Gasteiger partial charge in [-0.2, -0.15) is 0 Å². The van der Waals surface area contributed by atoms with Crippen LogP contribution in [0.3, 0.4) is 0 Å². The Hall–Kier alpha value is -2.77. The molecule has 8 nitrogen and oxygen atoms in total. The third-order valence-corrected chi connectivity index (χ3v) is 6.56. The molecule has 1 aromatic rings. The standard InChI is InChI=1S/C25H38N4O4/c1-16(2)29(18-10-8-7-9-11-18)22(30)19-15-20-21(14-17(19)3)33-25(4,5)23(31)28(20)13-12-27-24(32)26-6/h14-16,18H,7-13H2,1-6H3,(H2,26,27,32). The SMILES string of the molecule is CNC(=O)NCCN1C(=O)C(C)(C)Oc2cc(C)c(C(=O)N(C(C)C)C3CCCCC3)cc21. The van der Waals surface area contributed by atoms with Crippen molar-refractivity contribution in [2.75, 3.05) is 25.0 Å². The first-order valence-corrected chi connectivity index (χ1v) is 12.0. The van der Waals surface area contributed by atoms with E-state index in [4.69, 9.17) is 4.74 Å². The van der Waals surface area contributed by atoms with Crippen LogP contribution in [0.4, 0.5) is 10.5 Å². The van der Waals surface area contributed by atoms with E-state index in [-0.39, 0.29) is 43.0 Å². The molecule has 2 N–H and O–H groups in total. The summed E-state index contributed by atoms with van der Waals surface area (Å²) < 4.78 is 6.03. The maximum Gasteiger partial charge on any atom is 0.314 e. The normalized spacial score (nSPS) is 17.9. The Morgan fingerprint density at radius 3 is 2.48 bits per heavy atom. The third kappa shape index (κ3) is 5.25. The molecule has 33 heavy (non-hydrogen) atoms. The number of nitrogens with zero attached hydrogens (tertiary/aromatic N) is 2. The van der Waals surface area contributed by atoms with Gasteiger partial charge < -0.3 is 25.2 Å². The summed E-state index contributed by atoms with van der Waals surface area (Å²) in [6.07, 6.45) is 5.58. The smallest absolute Gasteiger partial charge is 0.314 e. The molecule has 1 fully saturated rings. The van der Waals surface area contributed by atoms with Crippen LogP contribution in [0.25, 0.3) is 0 Å². The van der Waals surface area contributed by atoms with Crippen LogP contribution >= 0.6 is 0 Å². The van der Waals surface area contributed by atoms with Gasteiger partial charge in [-0.05, 0) is 65.2 Å². The first-order valence-electron chi connectivity index (χ1n) is 12.0. The third-order valence-electron chi connectivity index (χ3n) is 6.56. The number of anilines is 1. The molecule has 0 spiro atoms. The second-order valence-electron chi connectivity index (χ2n) is 9.81. The molecule has 4 amide bonds. The zero-order chi connectivity index (χ0) is 24.3. The number of hydrogen-bond acceptors (Lipinski definition) is 4. The number of urea groups is 1. The lowest BCUT2D eigenvalue weighted by atomic mass is 9.92. The molecule has 2 aliphatic rings. The molecule has 182 valence electrons. The zero-order valence-corrected chi connectivity index (χ0v) is 20.8. The lowest BCUT2D eigenvalue weighted by Gasteiger charge is -2.40. The molecule has 3 rings (SSSR count). The minimum absolute atomic E-state index is 0.00193. The van der Waals surface area contributed by atoms with Crippen molar-refractivity contribution in [3.8, 4) is 5.75 Å². The Kier molecular flexibility index (Phi) is 7.55. The topological polar surface area (TPSA) is 91.0 Å². The maximum absolute atomic E-state index is 13.8. The molecule has 0 bridgehead atoms. The number of ether oxygens (including phenoxy) is 1. The van der Waals surface area contributed by atoms with E-state index in [0.717, 1.165) is 31.2 Å². The number of carbonyl (C=O) groups is 3. The van der Waals surface area contributed by atoms with E-state index in [9.17, 15) is 14.4 Å². The molecule has 0 unspecified atom stereocenters. The summed E-state index contributed by atoms with van der Waals surface area (Å²) in [7, 11) is 1.54. The van der Waals surface area contributed by atoms with Crippen LogP contribution < -0.4 is 20.3 Å². The van der Waals surface area contributed by atoms with Gasteiger partial charge in [0.25, 0.3) is 11.8 Å². The molecule has 1 aliphatic carbocycles. The fraction of sp³-hybridized carbons (Fsp3) is 0.640.